The summed E-state index contributed by atoms with van der Waals surface area (Å²) in [6.45, 7) is 0. The molecule has 2 aromatic heterocycles. The Balaban J connectivity index is 0.00000228. The summed E-state index contributed by atoms with van der Waals surface area (Å²) in [5.41, 5.74) is 9.13. The fourth-order valence-electron chi connectivity index (χ4n) is 3.99. The topological polar surface area (TPSA) is 43.6 Å². The van der Waals surface area contributed by atoms with Crippen molar-refractivity contribution in [3.8, 4) is 39.3 Å². The first-order valence-corrected chi connectivity index (χ1v) is 11.2. The number of nitrogens with zero attached hydrogens (tertiary/aromatic N) is 4. The molecule has 6 heteroatoms. The van der Waals surface area contributed by atoms with E-state index in [4.69, 9.17) is 0 Å². The molecule has 4 aromatic carbocycles. The van der Waals surface area contributed by atoms with Crippen LogP contribution < -0.4 is 0 Å². The van der Waals surface area contributed by atoms with Gasteiger partial charge in [0.05, 0.1) is 17.0 Å². The largest absolute Gasteiger partial charge is 0.293 e. The smallest absolute Gasteiger partial charge is 0.127 e. The Hall–Kier alpha value is -3.44. The maximum atomic E-state index is 4.68. The van der Waals surface area contributed by atoms with E-state index >= 15 is 0 Å². The van der Waals surface area contributed by atoms with Gasteiger partial charge in [0.25, 0.3) is 0 Å². The third-order valence-electron chi connectivity index (χ3n) is 5.47. The molecule has 0 unspecified atom stereocenters. The van der Waals surface area contributed by atoms with Gasteiger partial charge in [-0.3, -0.25) is 14.6 Å². The second kappa shape index (κ2) is 9.20. The van der Waals surface area contributed by atoms with Crippen LogP contribution in [0, 0.1) is 6.07 Å². The molecule has 0 aliphatic heterocycles. The molecule has 0 N–H and O–H groups in total. The number of aromatic nitrogens is 4. The first-order chi connectivity index (χ1) is 15.9. The van der Waals surface area contributed by atoms with E-state index in [1.165, 1.54) is 0 Å². The minimum Gasteiger partial charge on any atom is -0.293 e. The van der Waals surface area contributed by atoms with Gasteiger partial charge in [-0.25, -0.2) is 0 Å². The summed E-state index contributed by atoms with van der Waals surface area (Å²) in [5.74, 6) is 0.751. The Kier molecular flexibility index (Phi) is 5.97. The van der Waals surface area contributed by atoms with Crippen LogP contribution in [-0.4, -0.2) is 19.7 Å². The average molecular weight is 622 g/mol. The third kappa shape index (κ3) is 3.93. The number of thiazole rings is 1. The molecule has 33 heavy (non-hydrogen) atoms. The number of benzene rings is 4. The summed E-state index contributed by atoms with van der Waals surface area (Å²) in [4.78, 5) is 9.00. The van der Waals surface area contributed by atoms with E-state index in [1.807, 2.05) is 28.4 Å². The molecule has 0 fully saturated rings. The molecule has 161 valence electrons. The van der Waals surface area contributed by atoms with Crippen molar-refractivity contribution in [2.45, 2.75) is 0 Å². The van der Waals surface area contributed by atoms with Crippen molar-refractivity contribution in [1.82, 2.24) is 19.7 Å². The SMILES string of the molecule is [Ir].[c-]1cc2ncsc2cc1-c1ncnn1-c1c(-c2ccccc2)cccc1-c1ccccc1. The van der Waals surface area contributed by atoms with Gasteiger partial charge in [0, 0.05) is 31.2 Å². The molecule has 0 atom stereocenters. The van der Waals surface area contributed by atoms with E-state index in [1.54, 1.807) is 17.7 Å². The molecule has 4 nitrogen and oxygen atoms in total. The second-order valence-corrected chi connectivity index (χ2v) is 8.26. The van der Waals surface area contributed by atoms with Crippen molar-refractivity contribution in [1.29, 1.82) is 0 Å². The van der Waals surface area contributed by atoms with E-state index in [0.29, 0.717) is 0 Å². The van der Waals surface area contributed by atoms with E-state index < -0.39 is 0 Å². The summed E-state index contributed by atoms with van der Waals surface area (Å²) in [5, 5.41) is 4.68. The zero-order valence-corrected chi connectivity index (χ0v) is 20.6. The van der Waals surface area contributed by atoms with Crippen molar-refractivity contribution in [3.05, 3.63) is 109 Å². The van der Waals surface area contributed by atoms with Crippen LogP contribution in [0.4, 0.5) is 0 Å². The van der Waals surface area contributed by atoms with E-state index in [2.05, 4.69) is 93.9 Å². The molecule has 0 spiro atoms. The maximum absolute atomic E-state index is 4.68. The molecule has 6 rings (SSSR count). The van der Waals surface area contributed by atoms with Gasteiger partial charge >= 0.3 is 0 Å². The van der Waals surface area contributed by atoms with Crippen molar-refractivity contribution >= 4 is 21.6 Å². The van der Waals surface area contributed by atoms with Crippen LogP contribution in [-0.2, 0) is 20.1 Å². The Morgan fingerprint density at radius 2 is 1.42 bits per heavy atom. The van der Waals surface area contributed by atoms with Crippen LogP contribution in [0.25, 0.3) is 49.5 Å². The van der Waals surface area contributed by atoms with E-state index in [-0.39, 0.29) is 20.1 Å². The number of rotatable bonds is 4. The Bertz CT molecular complexity index is 1470. The van der Waals surface area contributed by atoms with Gasteiger partial charge in [-0.15, -0.1) is 35.1 Å². The standard InChI is InChI=1S/C27H17N4S.Ir/c1-3-8-19(9-4-1)22-12-7-13-23(20-10-5-2-6-11-20)26(22)31-27(28-17-30-31)21-14-15-24-25(16-21)32-18-29-24;/h1-13,15-18H;/q-1;. The summed E-state index contributed by atoms with van der Waals surface area (Å²) in [6.07, 6.45) is 1.61. The van der Waals surface area contributed by atoms with Crippen LogP contribution in [0.5, 0.6) is 0 Å². The monoisotopic (exact) mass is 622 g/mol. The quantitative estimate of drug-likeness (QED) is 0.207. The Morgan fingerprint density at radius 3 is 2.09 bits per heavy atom. The number of hydrogen-bond acceptors (Lipinski definition) is 4. The molecular weight excluding hydrogens is 605 g/mol. The Morgan fingerprint density at radius 1 is 0.758 bits per heavy atom. The van der Waals surface area contributed by atoms with E-state index in [9.17, 15) is 0 Å². The van der Waals surface area contributed by atoms with Gasteiger partial charge in [-0.1, -0.05) is 78.9 Å². The predicted octanol–water partition coefficient (Wildman–Crippen LogP) is 6.68. The molecule has 0 aliphatic rings. The first-order valence-electron chi connectivity index (χ1n) is 10.3. The molecule has 0 bridgehead atoms. The van der Waals surface area contributed by atoms with Crippen molar-refractivity contribution in [2.24, 2.45) is 0 Å². The molecule has 0 saturated heterocycles. The normalized spacial score (nSPS) is 10.8. The van der Waals surface area contributed by atoms with Crippen LogP contribution in [0.1, 0.15) is 0 Å². The molecule has 0 aliphatic carbocycles. The van der Waals surface area contributed by atoms with Crippen molar-refractivity contribution in [2.75, 3.05) is 0 Å². The fourth-order valence-corrected chi connectivity index (χ4v) is 4.69. The summed E-state index contributed by atoms with van der Waals surface area (Å²) < 4.78 is 3.04. The molecule has 0 amide bonds. The van der Waals surface area contributed by atoms with Crippen LogP contribution in [0.3, 0.4) is 0 Å². The van der Waals surface area contributed by atoms with Gasteiger partial charge in [0.15, 0.2) is 0 Å². The summed E-state index contributed by atoms with van der Waals surface area (Å²) in [7, 11) is 0. The fraction of sp³-hybridized carbons (Fsp3) is 0. The maximum Gasteiger partial charge on any atom is 0.127 e. The average Bonchev–Trinajstić information content (AvgIpc) is 3.54. The molecule has 1 radical (unpaired) electrons. The molecule has 2 heterocycles. The molecule has 6 aromatic rings. The number of para-hydroxylation sites is 1. The summed E-state index contributed by atoms with van der Waals surface area (Å²) >= 11 is 1.61. The predicted molar refractivity (Wildman–Crippen MR) is 130 cm³/mol. The first kappa shape index (κ1) is 21.4. The van der Waals surface area contributed by atoms with Crippen molar-refractivity contribution < 1.29 is 20.1 Å². The Labute approximate surface area is 209 Å². The molecular formula is C27H17IrN4S-. The third-order valence-corrected chi connectivity index (χ3v) is 6.26. The summed E-state index contributed by atoms with van der Waals surface area (Å²) in [6, 6.07) is 34.5. The molecule has 0 saturated carbocycles. The number of hydrogen-bond donors (Lipinski definition) is 0. The minimum atomic E-state index is 0. The zero-order chi connectivity index (χ0) is 21.3. The van der Waals surface area contributed by atoms with E-state index in [0.717, 1.165) is 49.5 Å². The van der Waals surface area contributed by atoms with Crippen LogP contribution in [0.2, 0.25) is 0 Å². The van der Waals surface area contributed by atoms with Gasteiger partial charge in [-0.05, 0) is 21.3 Å². The zero-order valence-electron chi connectivity index (χ0n) is 17.3. The van der Waals surface area contributed by atoms with Crippen molar-refractivity contribution in [3.63, 3.8) is 0 Å². The number of fused-ring (bicyclic) bond motifs is 1. The van der Waals surface area contributed by atoms with Crippen LogP contribution in [0.15, 0.2) is 103 Å². The van der Waals surface area contributed by atoms with Gasteiger partial charge in [0.2, 0.25) is 0 Å². The minimum absolute atomic E-state index is 0. The van der Waals surface area contributed by atoms with Gasteiger partial charge in [0.1, 0.15) is 6.33 Å². The van der Waals surface area contributed by atoms with Crippen LogP contribution >= 0.6 is 11.3 Å². The second-order valence-electron chi connectivity index (χ2n) is 7.38. The van der Waals surface area contributed by atoms with Gasteiger partial charge < -0.3 is 0 Å². The van der Waals surface area contributed by atoms with Gasteiger partial charge in [-0.2, -0.15) is 5.10 Å².